The fraction of sp³-hybridized carbons (Fsp3) is 1.00. The van der Waals surface area contributed by atoms with E-state index in [4.69, 9.17) is 5.14 Å². The van der Waals surface area contributed by atoms with Gasteiger partial charge < -0.3 is 10.2 Å². The Bertz CT molecular complexity index is 344. The number of sulfonamides is 1. The van der Waals surface area contributed by atoms with E-state index in [0.717, 1.165) is 18.6 Å². The molecule has 0 aromatic heterocycles. The fourth-order valence-electron chi connectivity index (χ4n) is 3.21. The van der Waals surface area contributed by atoms with Crippen molar-refractivity contribution in [1.29, 1.82) is 0 Å². The fourth-order valence-corrected chi connectivity index (χ4v) is 3.64. The number of primary sulfonamides is 1. The molecule has 2 saturated heterocycles. The molecule has 17 heavy (non-hydrogen) atoms. The Kier molecular flexibility index (Phi) is 4.07. The second kappa shape index (κ2) is 5.22. The van der Waals surface area contributed by atoms with Gasteiger partial charge in [0, 0.05) is 18.6 Å². The van der Waals surface area contributed by atoms with Crippen LogP contribution in [0.5, 0.6) is 0 Å². The summed E-state index contributed by atoms with van der Waals surface area (Å²) in [5, 5.41) is 8.17. The van der Waals surface area contributed by atoms with Gasteiger partial charge in [0.25, 0.3) is 0 Å². The topological polar surface area (TPSA) is 75.4 Å². The molecule has 0 spiro atoms. The summed E-state index contributed by atoms with van der Waals surface area (Å²) >= 11 is 0. The van der Waals surface area contributed by atoms with Crippen molar-refractivity contribution in [2.75, 3.05) is 25.9 Å². The lowest BCUT2D eigenvalue weighted by Gasteiger charge is -2.36. The first-order valence-corrected chi connectivity index (χ1v) is 8.10. The highest BCUT2D eigenvalue weighted by Crippen LogP contribution is 2.36. The maximum Gasteiger partial charge on any atom is 0.210 e. The van der Waals surface area contributed by atoms with E-state index >= 15 is 0 Å². The molecule has 2 rings (SSSR count). The Morgan fingerprint density at radius 2 is 1.88 bits per heavy atom. The summed E-state index contributed by atoms with van der Waals surface area (Å²) in [4.78, 5) is 2.51. The molecule has 0 radical (unpaired) electrons. The molecule has 2 fully saturated rings. The van der Waals surface area contributed by atoms with Crippen molar-refractivity contribution in [3.63, 3.8) is 0 Å². The van der Waals surface area contributed by atoms with Gasteiger partial charge in [-0.25, -0.2) is 13.6 Å². The SMILES string of the molecule is CN1C2CCC1CC(CNCCS(N)(=O)=O)C2. The molecular weight excluding hydrogens is 238 g/mol. The van der Waals surface area contributed by atoms with Crippen LogP contribution >= 0.6 is 0 Å². The van der Waals surface area contributed by atoms with Crippen molar-refractivity contribution in [1.82, 2.24) is 10.2 Å². The highest BCUT2D eigenvalue weighted by molar-refractivity contribution is 7.89. The minimum absolute atomic E-state index is 0.0342. The summed E-state index contributed by atoms with van der Waals surface area (Å²) in [5.41, 5.74) is 0. The Hall–Kier alpha value is -0.170. The lowest BCUT2D eigenvalue weighted by Crippen LogP contribution is -2.43. The zero-order chi connectivity index (χ0) is 12.5. The van der Waals surface area contributed by atoms with Crippen LogP contribution in [0.15, 0.2) is 0 Å². The number of nitrogens with one attached hydrogen (secondary N) is 1. The highest BCUT2D eigenvalue weighted by atomic mass is 32.2. The third-order valence-electron chi connectivity index (χ3n) is 4.19. The van der Waals surface area contributed by atoms with Gasteiger partial charge >= 0.3 is 0 Å². The molecule has 0 amide bonds. The van der Waals surface area contributed by atoms with Crippen molar-refractivity contribution in [2.45, 2.75) is 37.8 Å². The monoisotopic (exact) mass is 261 g/mol. The molecule has 100 valence electrons. The Morgan fingerprint density at radius 3 is 2.41 bits per heavy atom. The molecule has 0 aromatic rings. The van der Waals surface area contributed by atoms with Crippen LogP contribution in [0.25, 0.3) is 0 Å². The molecular formula is C11H23N3O2S. The maximum absolute atomic E-state index is 10.8. The van der Waals surface area contributed by atoms with Crippen molar-refractivity contribution in [3.05, 3.63) is 0 Å². The third kappa shape index (κ3) is 3.64. The summed E-state index contributed by atoms with van der Waals surface area (Å²) in [6.45, 7) is 1.40. The van der Waals surface area contributed by atoms with Gasteiger partial charge in [0.1, 0.15) is 0 Å². The van der Waals surface area contributed by atoms with Crippen molar-refractivity contribution < 1.29 is 8.42 Å². The summed E-state index contributed by atoms with van der Waals surface area (Å²) in [6, 6.07) is 1.50. The van der Waals surface area contributed by atoms with E-state index in [2.05, 4.69) is 17.3 Å². The van der Waals surface area contributed by atoms with Gasteiger partial charge in [0.2, 0.25) is 10.0 Å². The molecule has 2 aliphatic heterocycles. The van der Waals surface area contributed by atoms with Crippen LogP contribution < -0.4 is 10.5 Å². The first-order valence-electron chi connectivity index (χ1n) is 6.39. The van der Waals surface area contributed by atoms with Gasteiger partial charge in [0.05, 0.1) is 5.75 Å². The zero-order valence-corrected chi connectivity index (χ0v) is 11.2. The second-order valence-corrected chi connectivity index (χ2v) is 7.19. The summed E-state index contributed by atoms with van der Waals surface area (Å²) in [5.74, 6) is 0.733. The van der Waals surface area contributed by atoms with Crippen LogP contribution in [0.4, 0.5) is 0 Å². The predicted molar refractivity (Wildman–Crippen MR) is 68.1 cm³/mol. The first-order chi connectivity index (χ1) is 7.96. The van der Waals surface area contributed by atoms with Crippen molar-refractivity contribution >= 4 is 10.0 Å². The number of fused-ring (bicyclic) bond motifs is 2. The zero-order valence-electron chi connectivity index (χ0n) is 10.4. The molecule has 2 aliphatic rings. The molecule has 2 bridgehead atoms. The largest absolute Gasteiger partial charge is 0.315 e. The number of hydrogen-bond acceptors (Lipinski definition) is 4. The summed E-state index contributed by atoms with van der Waals surface area (Å²) in [7, 11) is -1.09. The predicted octanol–water partition coefficient (Wildman–Crippen LogP) is -0.263. The molecule has 0 aliphatic carbocycles. The molecule has 2 unspecified atom stereocenters. The molecule has 5 nitrogen and oxygen atoms in total. The van der Waals surface area contributed by atoms with Gasteiger partial charge in [-0.15, -0.1) is 0 Å². The number of rotatable bonds is 5. The normalized spacial score (nSPS) is 34.1. The second-order valence-electron chi connectivity index (χ2n) is 5.46. The van der Waals surface area contributed by atoms with Crippen LogP contribution in [-0.2, 0) is 10.0 Å². The maximum atomic E-state index is 10.8. The van der Waals surface area contributed by atoms with E-state index in [1.54, 1.807) is 0 Å². The minimum Gasteiger partial charge on any atom is -0.315 e. The first kappa shape index (κ1) is 13.3. The van der Waals surface area contributed by atoms with Crippen LogP contribution in [0.2, 0.25) is 0 Å². The standard InChI is InChI=1S/C11H23N3O2S/c1-14-10-2-3-11(14)7-9(6-10)8-13-4-5-17(12,15)16/h9-11,13H,2-8H2,1H3,(H2,12,15,16). The molecule has 0 saturated carbocycles. The van der Waals surface area contributed by atoms with Gasteiger partial charge in [-0.3, -0.25) is 0 Å². The highest BCUT2D eigenvalue weighted by Gasteiger charge is 2.37. The van der Waals surface area contributed by atoms with Crippen LogP contribution in [0.1, 0.15) is 25.7 Å². The Morgan fingerprint density at radius 1 is 1.29 bits per heavy atom. The number of nitrogens with zero attached hydrogens (tertiary/aromatic N) is 1. The van der Waals surface area contributed by atoms with Crippen molar-refractivity contribution in [3.8, 4) is 0 Å². The van der Waals surface area contributed by atoms with Gasteiger partial charge in [-0.1, -0.05) is 0 Å². The van der Waals surface area contributed by atoms with Crippen LogP contribution in [-0.4, -0.2) is 51.3 Å². The lowest BCUT2D eigenvalue weighted by molar-refractivity contribution is 0.133. The Balaban J connectivity index is 1.68. The van der Waals surface area contributed by atoms with E-state index < -0.39 is 10.0 Å². The number of nitrogens with two attached hydrogens (primary N) is 1. The summed E-state index contributed by atoms with van der Waals surface area (Å²) < 4.78 is 21.5. The summed E-state index contributed by atoms with van der Waals surface area (Å²) in [6.07, 6.45) is 5.15. The molecule has 2 heterocycles. The van der Waals surface area contributed by atoms with Gasteiger partial charge in [-0.2, -0.15) is 0 Å². The van der Waals surface area contributed by atoms with E-state index in [1.807, 2.05) is 0 Å². The molecule has 0 aromatic carbocycles. The average molecular weight is 261 g/mol. The van der Waals surface area contributed by atoms with E-state index in [0.29, 0.717) is 12.5 Å². The van der Waals surface area contributed by atoms with Crippen molar-refractivity contribution in [2.24, 2.45) is 11.1 Å². The van der Waals surface area contributed by atoms with Crippen LogP contribution in [0.3, 0.4) is 0 Å². The average Bonchev–Trinajstić information content (AvgIpc) is 2.49. The molecule has 2 atom stereocenters. The number of hydrogen-bond donors (Lipinski definition) is 2. The van der Waals surface area contributed by atoms with E-state index in [9.17, 15) is 8.42 Å². The third-order valence-corrected chi connectivity index (χ3v) is 4.97. The quantitative estimate of drug-likeness (QED) is 0.669. The van der Waals surface area contributed by atoms with E-state index in [1.165, 1.54) is 25.7 Å². The Labute approximate surface area is 104 Å². The molecule has 6 heteroatoms. The molecule has 3 N–H and O–H groups in total. The van der Waals surface area contributed by atoms with Gasteiger partial charge in [-0.05, 0) is 45.2 Å². The lowest BCUT2D eigenvalue weighted by atomic mass is 9.91. The smallest absolute Gasteiger partial charge is 0.210 e. The minimum atomic E-state index is -3.32. The van der Waals surface area contributed by atoms with Gasteiger partial charge in [0.15, 0.2) is 0 Å². The van der Waals surface area contributed by atoms with E-state index in [-0.39, 0.29) is 5.75 Å². The number of piperidine rings is 1. The van der Waals surface area contributed by atoms with Crippen LogP contribution in [0, 0.1) is 5.92 Å².